The normalized spacial score (nSPS) is 17.8. The van der Waals surface area contributed by atoms with E-state index in [1.165, 1.54) is 41.6 Å². The average Bonchev–Trinajstić information content (AvgIpc) is 2.76. The highest BCUT2D eigenvalue weighted by atomic mass is 15.2. The number of anilines is 1. The number of fused-ring (bicyclic) bond motifs is 2. The molecular weight excluding hydrogens is 258 g/mol. The van der Waals surface area contributed by atoms with Gasteiger partial charge in [-0.25, -0.2) is 9.97 Å². The minimum absolute atomic E-state index is 0.923. The zero-order valence-electron chi connectivity index (χ0n) is 12.4. The zero-order chi connectivity index (χ0) is 14.1. The van der Waals surface area contributed by atoms with Crippen molar-refractivity contribution in [2.75, 3.05) is 11.4 Å². The van der Waals surface area contributed by atoms with E-state index < -0.39 is 0 Å². The molecule has 108 valence electrons. The largest absolute Gasteiger partial charge is 0.336 e. The SMILES string of the molecule is c1ccc2c(c1)CCCN(c1ncc3c(n1)CCCC3)C2. The fourth-order valence-electron chi connectivity index (χ4n) is 3.49. The van der Waals surface area contributed by atoms with E-state index in [1.54, 1.807) is 0 Å². The van der Waals surface area contributed by atoms with Gasteiger partial charge in [-0.05, 0) is 55.2 Å². The third-order valence-corrected chi connectivity index (χ3v) is 4.69. The summed E-state index contributed by atoms with van der Waals surface area (Å²) in [5.74, 6) is 0.923. The van der Waals surface area contributed by atoms with Crippen LogP contribution in [0.2, 0.25) is 0 Å². The molecule has 2 aromatic rings. The van der Waals surface area contributed by atoms with Crippen LogP contribution in [0.25, 0.3) is 0 Å². The van der Waals surface area contributed by atoms with Gasteiger partial charge in [-0.1, -0.05) is 24.3 Å². The van der Waals surface area contributed by atoms with E-state index in [-0.39, 0.29) is 0 Å². The van der Waals surface area contributed by atoms with Crippen molar-refractivity contribution in [3.05, 3.63) is 52.8 Å². The molecular formula is C18H21N3. The van der Waals surface area contributed by atoms with Crippen molar-refractivity contribution < 1.29 is 0 Å². The quantitative estimate of drug-likeness (QED) is 0.802. The van der Waals surface area contributed by atoms with E-state index in [2.05, 4.69) is 40.3 Å². The molecule has 0 fully saturated rings. The first-order valence-electron chi connectivity index (χ1n) is 8.07. The number of rotatable bonds is 1. The maximum absolute atomic E-state index is 4.87. The Balaban J connectivity index is 1.64. The van der Waals surface area contributed by atoms with Crippen molar-refractivity contribution in [2.24, 2.45) is 0 Å². The van der Waals surface area contributed by atoms with Gasteiger partial charge >= 0.3 is 0 Å². The highest BCUT2D eigenvalue weighted by Gasteiger charge is 2.18. The number of aromatic nitrogens is 2. The molecule has 3 nitrogen and oxygen atoms in total. The summed E-state index contributed by atoms with van der Waals surface area (Å²) in [4.78, 5) is 11.9. The molecule has 0 saturated heterocycles. The summed E-state index contributed by atoms with van der Waals surface area (Å²) in [7, 11) is 0. The summed E-state index contributed by atoms with van der Waals surface area (Å²) in [6.45, 7) is 1.99. The van der Waals surface area contributed by atoms with Crippen LogP contribution in [0.4, 0.5) is 5.95 Å². The molecule has 1 aromatic carbocycles. The van der Waals surface area contributed by atoms with Crippen LogP contribution in [0.5, 0.6) is 0 Å². The highest BCUT2D eigenvalue weighted by molar-refractivity contribution is 5.39. The number of hydrogen-bond acceptors (Lipinski definition) is 3. The van der Waals surface area contributed by atoms with E-state index >= 15 is 0 Å². The molecule has 0 radical (unpaired) electrons. The maximum atomic E-state index is 4.87. The predicted octanol–water partition coefficient (Wildman–Crippen LogP) is 3.31. The molecule has 2 heterocycles. The molecule has 21 heavy (non-hydrogen) atoms. The Bertz CT molecular complexity index is 651. The third-order valence-electron chi connectivity index (χ3n) is 4.69. The van der Waals surface area contributed by atoms with Crippen LogP contribution in [0.3, 0.4) is 0 Å². The number of nitrogens with zero attached hydrogens (tertiary/aromatic N) is 3. The molecule has 1 aromatic heterocycles. The summed E-state index contributed by atoms with van der Waals surface area (Å²) in [6, 6.07) is 8.78. The van der Waals surface area contributed by atoms with E-state index in [0.717, 1.165) is 38.3 Å². The molecule has 0 bridgehead atoms. The fraction of sp³-hybridized carbons (Fsp3) is 0.444. The van der Waals surface area contributed by atoms with Crippen LogP contribution in [0.15, 0.2) is 30.5 Å². The molecule has 2 aliphatic rings. The predicted molar refractivity (Wildman–Crippen MR) is 84.5 cm³/mol. The third kappa shape index (κ3) is 2.53. The second-order valence-corrected chi connectivity index (χ2v) is 6.14. The second kappa shape index (κ2) is 5.47. The minimum atomic E-state index is 0.923. The summed E-state index contributed by atoms with van der Waals surface area (Å²) < 4.78 is 0. The Kier molecular flexibility index (Phi) is 3.34. The van der Waals surface area contributed by atoms with Crippen LogP contribution >= 0.6 is 0 Å². The lowest BCUT2D eigenvalue weighted by Gasteiger charge is -2.23. The first-order chi connectivity index (χ1) is 10.4. The van der Waals surface area contributed by atoms with Crippen LogP contribution in [0, 0.1) is 0 Å². The van der Waals surface area contributed by atoms with E-state index in [1.807, 2.05) is 0 Å². The van der Waals surface area contributed by atoms with Gasteiger partial charge in [0.15, 0.2) is 0 Å². The first-order valence-corrected chi connectivity index (χ1v) is 8.07. The van der Waals surface area contributed by atoms with Crippen molar-refractivity contribution in [3.8, 4) is 0 Å². The molecule has 0 atom stereocenters. The Morgan fingerprint density at radius 1 is 0.857 bits per heavy atom. The first kappa shape index (κ1) is 12.8. The standard InChI is InChI=1S/C18H21N3/c1-2-8-16-13-21(11-5-9-14(16)6-1)18-19-12-15-7-3-4-10-17(15)20-18/h1-2,6,8,12H,3-5,7,9-11,13H2. The van der Waals surface area contributed by atoms with Gasteiger partial charge in [0.1, 0.15) is 0 Å². The summed E-state index contributed by atoms with van der Waals surface area (Å²) in [5.41, 5.74) is 5.55. The van der Waals surface area contributed by atoms with Gasteiger partial charge in [0.25, 0.3) is 0 Å². The second-order valence-electron chi connectivity index (χ2n) is 6.14. The Labute approximate surface area is 126 Å². The van der Waals surface area contributed by atoms with E-state index in [4.69, 9.17) is 4.98 Å². The number of benzene rings is 1. The maximum Gasteiger partial charge on any atom is 0.225 e. The average molecular weight is 279 g/mol. The van der Waals surface area contributed by atoms with E-state index in [0.29, 0.717) is 0 Å². The van der Waals surface area contributed by atoms with Crippen molar-refractivity contribution in [2.45, 2.75) is 45.1 Å². The fourth-order valence-corrected chi connectivity index (χ4v) is 3.49. The van der Waals surface area contributed by atoms with Gasteiger partial charge in [-0.15, -0.1) is 0 Å². The van der Waals surface area contributed by atoms with Gasteiger partial charge in [0, 0.05) is 25.0 Å². The van der Waals surface area contributed by atoms with Crippen molar-refractivity contribution in [1.82, 2.24) is 9.97 Å². The Morgan fingerprint density at radius 3 is 2.62 bits per heavy atom. The monoisotopic (exact) mass is 279 g/mol. The molecule has 3 heteroatoms. The van der Waals surface area contributed by atoms with Crippen LogP contribution < -0.4 is 4.90 Å². The highest BCUT2D eigenvalue weighted by Crippen LogP contribution is 2.24. The van der Waals surface area contributed by atoms with Crippen molar-refractivity contribution >= 4 is 5.95 Å². The van der Waals surface area contributed by atoms with Gasteiger partial charge in [0.05, 0.1) is 0 Å². The smallest absolute Gasteiger partial charge is 0.225 e. The lowest BCUT2D eigenvalue weighted by atomic mass is 9.98. The summed E-state index contributed by atoms with van der Waals surface area (Å²) >= 11 is 0. The molecule has 1 aliphatic carbocycles. The van der Waals surface area contributed by atoms with E-state index in [9.17, 15) is 0 Å². The van der Waals surface area contributed by atoms with Gasteiger partial charge in [-0.3, -0.25) is 0 Å². The van der Waals surface area contributed by atoms with Crippen LogP contribution in [-0.4, -0.2) is 16.5 Å². The number of hydrogen-bond donors (Lipinski definition) is 0. The minimum Gasteiger partial charge on any atom is -0.336 e. The molecule has 0 amide bonds. The Morgan fingerprint density at radius 2 is 1.67 bits per heavy atom. The molecule has 0 N–H and O–H groups in total. The summed E-state index contributed by atoms with van der Waals surface area (Å²) in [5, 5.41) is 0. The zero-order valence-corrected chi connectivity index (χ0v) is 12.4. The van der Waals surface area contributed by atoms with Gasteiger partial charge in [0.2, 0.25) is 5.95 Å². The molecule has 0 unspecified atom stereocenters. The molecule has 4 rings (SSSR count). The molecule has 0 saturated carbocycles. The van der Waals surface area contributed by atoms with Crippen molar-refractivity contribution in [3.63, 3.8) is 0 Å². The summed E-state index contributed by atoms with van der Waals surface area (Å²) in [6.07, 6.45) is 9.23. The molecule has 1 aliphatic heterocycles. The van der Waals surface area contributed by atoms with Gasteiger partial charge in [-0.2, -0.15) is 0 Å². The lowest BCUT2D eigenvalue weighted by molar-refractivity contribution is 0.653. The van der Waals surface area contributed by atoms with Crippen LogP contribution in [0.1, 0.15) is 41.6 Å². The van der Waals surface area contributed by atoms with Crippen LogP contribution in [-0.2, 0) is 25.8 Å². The topological polar surface area (TPSA) is 29.0 Å². The van der Waals surface area contributed by atoms with Crippen molar-refractivity contribution in [1.29, 1.82) is 0 Å². The molecule has 0 spiro atoms. The van der Waals surface area contributed by atoms with Gasteiger partial charge < -0.3 is 4.90 Å². The Hall–Kier alpha value is -1.90. The lowest BCUT2D eigenvalue weighted by Crippen LogP contribution is -2.25. The number of aryl methyl sites for hydroxylation is 3.